The van der Waals surface area contributed by atoms with Gasteiger partial charge < -0.3 is 14.2 Å². The number of ether oxygens (including phenoxy) is 3. The summed E-state index contributed by atoms with van der Waals surface area (Å²) >= 11 is 0. The zero-order valence-electron chi connectivity index (χ0n) is 9.15. The summed E-state index contributed by atoms with van der Waals surface area (Å²) in [5.41, 5.74) is 0. The molecule has 0 bridgehead atoms. The van der Waals surface area contributed by atoms with Crippen LogP contribution in [-0.2, 0) is 14.2 Å². The molecule has 0 amide bonds. The van der Waals surface area contributed by atoms with E-state index in [1.54, 1.807) is 6.26 Å². The molecule has 0 spiro atoms. The molecule has 1 saturated carbocycles. The molecule has 1 saturated heterocycles. The zero-order chi connectivity index (χ0) is 10.3. The second-order valence-electron chi connectivity index (χ2n) is 4.74. The van der Waals surface area contributed by atoms with Crippen molar-refractivity contribution >= 4 is 0 Å². The van der Waals surface area contributed by atoms with E-state index in [0.717, 1.165) is 25.0 Å². The quantitative estimate of drug-likeness (QED) is 0.671. The SMILES string of the molecule is CCCC1=COC(C2CCC3OC3C2)O1. The van der Waals surface area contributed by atoms with E-state index >= 15 is 0 Å². The van der Waals surface area contributed by atoms with Crippen molar-refractivity contribution in [2.45, 2.75) is 57.5 Å². The molecule has 2 aliphatic heterocycles. The molecular formula is C12H18O3. The zero-order valence-corrected chi connectivity index (χ0v) is 9.15. The predicted octanol–water partition coefficient (Wildman–Crippen LogP) is 2.57. The second-order valence-corrected chi connectivity index (χ2v) is 4.74. The minimum absolute atomic E-state index is 0.0308. The number of fused-ring (bicyclic) bond motifs is 1. The number of rotatable bonds is 3. The fraction of sp³-hybridized carbons (Fsp3) is 0.833. The largest absolute Gasteiger partial charge is 0.459 e. The van der Waals surface area contributed by atoms with Gasteiger partial charge in [0, 0.05) is 12.3 Å². The number of epoxide rings is 1. The van der Waals surface area contributed by atoms with Crippen LogP contribution in [0.25, 0.3) is 0 Å². The van der Waals surface area contributed by atoms with Crippen LogP contribution in [0.1, 0.15) is 39.0 Å². The molecule has 84 valence electrons. The van der Waals surface area contributed by atoms with Crippen LogP contribution in [0.3, 0.4) is 0 Å². The second kappa shape index (κ2) is 3.71. The topological polar surface area (TPSA) is 31.0 Å². The van der Waals surface area contributed by atoms with Gasteiger partial charge in [-0.05, 0) is 25.7 Å². The van der Waals surface area contributed by atoms with Gasteiger partial charge in [-0.3, -0.25) is 0 Å². The Hall–Kier alpha value is -0.700. The van der Waals surface area contributed by atoms with Crippen molar-refractivity contribution in [3.63, 3.8) is 0 Å². The predicted molar refractivity (Wildman–Crippen MR) is 55.0 cm³/mol. The average molecular weight is 210 g/mol. The maximum Gasteiger partial charge on any atom is 0.242 e. The molecule has 0 aromatic carbocycles. The van der Waals surface area contributed by atoms with E-state index in [1.165, 1.54) is 12.8 Å². The molecule has 3 nitrogen and oxygen atoms in total. The minimum Gasteiger partial charge on any atom is -0.459 e. The van der Waals surface area contributed by atoms with E-state index < -0.39 is 0 Å². The van der Waals surface area contributed by atoms with Gasteiger partial charge in [0.1, 0.15) is 12.0 Å². The van der Waals surface area contributed by atoms with E-state index in [2.05, 4.69) is 6.92 Å². The Labute approximate surface area is 90.4 Å². The van der Waals surface area contributed by atoms with Gasteiger partial charge in [-0.15, -0.1) is 0 Å². The fourth-order valence-electron chi connectivity index (χ4n) is 2.60. The van der Waals surface area contributed by atoms with Crippen LogP contribution in [0.15, 0.2) is 12.0 Å². The normalized spacial score (nSPS) is 42.6. The highest BCUT2D eigenvalue weighted by Crippen LogP contribution is 2.42. The molecule has 4 atom stereocenters. The number of allylic oxidation sites excluding steroid dienone is 1. The Balaban J connectivity index is 1.52. The van der Waals surface area contributed by atoms with Crippen LogP contribution >= 0.6 is 0 Å². The first-order chi connectivity index (χ1) is 7.36. The van der Waals surface area contributed by atoms with Crippen LogP contribution in [0.5, 0.6) is 0 Å². The molecule has 15 heavy (non-hydrogen) atoms. The van der Waals surface area contributed by atoms with E-state index in [4.69, 9.17) is 14.2 Å². The summed E-state index contributed by atoms with van der Waals surface area (Å²) in [6.45, 7) is 2.15. The van der Waals surface area contributed by atoms with Gasteiger partial charge in [0.15, 0.2) is 0 Å². The van der Waals surface area contributed by atoms with Crippen LogP contribution < -0.4 is 0 Å². The van der Waals surface area contributed by atoms with Crippen LogP contribution in [0.2, 0.25) is 0 Å². The smallest absolute Gasteiger partial charge is 0.242 e. The molecule has 0 aromatic heterocycles. The summed E-state index contributed by atoms with van der Waals surface area (Å²) in [4.78, 5) is 0. The van der Waals surface area contributed by atoms with Gasteiger partial charge >= 0.3 is 0 Å². The number of hydrogen-bond donors (Lipinski definition) is 0. The Morgan fingerprint density at radius 3 is 3.07 bits per heavy atom. The summed E-state index contributed by atoms with van der Waals surface area (Å²) in [7, 11) is 0. The van der Waals surface area contributed by atoms with Gasteiger partial charge in [-0.2, -0.15) is 0 Å². The fourth-order valence-corrected chi connectivity index (χ4v) is 2.60. The van der Waals surface area contributed by atoms with Gasteiger partial charge in [0.05, 0.1) is 12.2 Å². The monoisotopic (exact) mass is 210 g/mol. The highest BCUT2D eigenvalue weighted by molar-refractivity contribution is 4.97. The first-order valence-corrected chi connectivity index (χ1v) is 6.03. The summed E-state index contributed by atoms with van der Waals surface area (Å²) in [5, 5.41) is 0. The molecule has 3 rings (SSSR count). The molecule has 3 aliphatic rings. The molecule has 3 heteroatoms. The summed E-state index contributed by atoms with van der Waals surface area (Å²) in [5.74, 6) is 1.54. The number of hydrogen-bond acceptors (Lipinski definition) is 3. The Bertz CT molecular complexity index is 274. The third-order valence-electron chi connectivity index (χ3n) is 3.53. The van der Waals surface area contributed by atoms with E-state index in [0.29, 0.717) is 18.1 Å². The molecule has 4 unspecified atom stereocenters. The maximum atomic E-state index is 5.79. The Morgan fingerprint density at radius 2 is 2.27 bits per heavy atom. The molecule has 0 aromatic rings. The third kappa shape index (κ3) is 1.85. The van der Waals surface area contributed by atoms with Crippen LogP contribution in [0.4, 0.5) is 0 Å². The average Bonchev–Trinajstić information content (AvgIpc) is 2.88. The van der Waals surface area contributed by atoms with Crippen molar-refractivity contribution in [3.05, 3.63) is 12.0 Å². The first kappa shape index (κ1) is 9.52. The van der Waals surface area contributed by atoms with E-state index in [1.807, 2.05) is 0 Å². The van der Waals surface area contributed by atoms with Crippen LogP contribution in [-0.4, -0.2) is 18.5 Å². The molecule has 0 radical (unpaired) electrons. The van der Waals surface area contributed by atoms with Crippen molar-refractivity contribution in [1.29, 1.82) is 0 Å². The summed E-state index contributed by atoms with van der Waals surface area (Å²) < 4.78 is 16.9. The van der Waals surface area contributed by atoms with E-state index in [9.17, 15) is 0 Å². The third-order valence-corrected chi connectivity index (χ3v) is 3.53. The molecule has 1 aliphatic carbocycles. The highest BCUT2D eigenvalue weighted by atomic mass is 16.7. The Morgan fingerprint density at radius 1 is 1.33 bits per heavy atom. The maximum absolute atomic E-state index is 5.79. The van der Waals surface area contributed by atoms with Crippen molar-refractivity contribution in [2.75, 3.05) is 0 Å². The molecule has 2 heterocycles. The van der Waals surface area contributed by atoms with Crippen molar-refractivity contribution in [2.24, 2.45) is 5.92 Å². The van der Waals surface area contributed by atoms with Gasteiger partial charge in [0.2, 0.25) is 6.29 Å². The summed E-state index contributed by atoms with van der Waals surface area (Å²) in [6.07, 6.45) is 8.41. The van der Waals surface area contributed by atoms with Gasteiger partial charge in [-0.1, -0.05) is 6.92 Å². The lowest BCUT2D eigenvalue weighted by Gasteiger charge is -2.24. The van der Waals surface area contributed by atoms with Crippen LogP contribution in [0, 0.1) is 5.92 Å². The first-order valence-electron chi connectivity index (χ1n) is 6.03. The van der Waals surface area contributed by atoms with Gasteiger partial charge in [-0.25, -0.2) is 0 Å². The lowest BCUT2D eigenvalue weighted by molar-refractivity contribution is -0.0830. The molecular weight excluding hydrogens is 192 g/mol. The van der Waals surface area contributed by atoms with Crippen molar-refractivity contribution in [1.82, 2.24) is 0 Å². The van der Waals surface area contributed by atoms with E-state index in [-0.39, 0.29) is 6.29 Å². The van der Waals surface area contributed by atoms with Gasteiger partial charge in [0.25, 0.3) is 0 Å². The highest BCUT2D eigenvalue weighted by Gasteiger charge is 2.47. The minimum atomic E-state index is -0.0308. The molecule has 0 N–H and O–H groups in total. The summed E-state index contributed by atoms with van der Waals surface area (Å²) in [6, 6.07) is 0. The van der Waals surface area contributed by atoms with Crippen molar-refractivity contribution < 1.29 is 14.2 Å². The lowest BCUT2D eigenvalue weighted by Crippen LogP contribution is -2.27. The lowest BCUT2D eigenvalue weighted by atomic mass is 9.89. The molecule has 2 fully saturated rings. The standard InChI is InChI=1S/C12H18O3/c1-2-3-9-7-13-12(14-9)8-4-5-10-11(6-8)15-10/h7-8,10-12H,2-6H2,1H3. The Kier molecular flexibility index (Phi) is 2.35. The van der Waals surface area contributed by atoms with Crippen molar-refractivity contribution in [3.8, 4) is 0 Å².